The molecule has 0 amide bonds. The zero-order valence-corrected chi connectivity index (χ0v) is 11.2. The summed E-state index contributed by atoms with van der Waals surface area (Å²) in [7, 11) is 0. The van der Waals surface area contributed by atoms with Gasteiger partial charge in [0.1, 0.15) is 6.33 Å². The predicted octanol–water partition coefficient (Wildman–Crippen LogP) is 3.05. The van der Waals surface area contributed by atoms with Crippen molar-refractivity contribution in [1.82, 2.24) is 14.3 Å². The first-order valence-electron chi connectivity index (χ1n) is 5.46. The fourth-order valence-corrected chi connectivity index (χ4v) is 2.64. The van der Waals surface area contributed by atoms with Gasteiger partial charge in [-0.15, -0.1) is 0 Å². The minimum Gasteiger partial charge on any atom is -0.385 e. The quantitative estimate of drug-likeness (QED) is 0.814. The van der Waals surface area contributed by atoms with Gasteiger partial charge < -0.3 is 5.32 Å². The zero-order chi connectivity index (χ0) is 11.9. The van der Waals surface area contributed by atoms with Crippen LogP contribution in [0.15, 0.2) is 29.0 Å². The van der Waals surface area contributed by atoms with Crippen LogP contribution in [-0.2, 0) is 5.75 Å². The maximum Gasteiger partial charge on any atom is 0.170 e. The number of pyridine rings is 1. The van der Waals surface area contributed by atoms with E-state index in [1.807, 2.05) is 12.3 Å². The molecular weight excluding hydrogens is 252 g/mol. The van der Waals surface area contributed by atoms with Gasteiger partial charge in [-0.2, -0.15) is 4.37 Å². The van der Waals surface area contributed by atoms with Gasteiger partial charge in [-0.05, 0) is 30.1 Å². The van der Waals surface area contributed by atoms with Crippen LogP contribution in [0, 0.1) is 0 Å². The summed E-state index contributed by atoms with van der Waals surface area (Å²) in [6.45, 7) is 3.15. The van der Waals surface area contributed by atoms with Gasteiger partial charge in [-0.1, -0.05) is 18.7 Å². The summed E-state index contributed by atoms with van der Waals surface area (Å²) < 4.78 is 4.95. The fourth-order valence-electron chi connectivity index (χ4n) is 1.30. The summed E-state index contributed by atoms with van der Waals surface area (Å²) >= 11 is 3.09. The SMILES string of the molecule is CCCNc1ccnc(CSc2ncns2)c1. The van der Waals surface area contributed by atoms with Gasteiger partial charge in [0.2, 0.25) is 0 Å². The highest BCUT2D eigenvalue weighted by atomic mass is 32.2. The van der Waals surface area contributed by atoms with Crippen LogP contribution in [-0.4, -0.2) is 20.9 Å². The molecule has 0 fully saturated rings. The summed E-state index contributed by atoms with van der Waals surface area (Å²) in [6.07, 6.45) is 4.55. The molecule has 2 rings (SSSR count). The minimum absolute atomic E-state index is 0.830. The molecule has 4 nitrogen and oxygen atoms in total. The number of anilines is 1. The van der Waals surface area contributed by atoms with Crippen LogP contribution >= 0.6 is 23.3 Å². The van der Waals surface area contributed by atoms with Crippen molar-refractivity contribution in [2.75, 3.05) is 11.9 Å². The Labute approximate surface area is 109 Å². The van der Waals surface area contributed by atoms with Crippen molar-refractivity contribution >= 4 is 29.0 Å². The second-order valence-electron chi connectivity index (χ2n) is 3.46. The Balaban J connectivity index is 1.91. The Morgan fingerprint density at radius 3 is 3.12 bits per heavy atom. The van der Waals surface area contributed by atoms with Crippen LogP contribution in [0.5, 0.6) is 0 Å². The highest BCUT2D eigenvalue weighted by Crippen LogP contribution is 2.23. The van der Waals surface area contributed by atoms with E-state index in [0.717, 1.165) is 34.4 Å². The lowest BCUT2D eigenvalue weighted by molar-refractivity contribution is 0.977. The third-order valence-corrected chi connectivity index (χ3v) is 3.91. The van der Waals surface area contributed by atoms with E-state index in [1.165, 1.54) is 11.5 Å². The Morgan fingerprint density at radius 1 is 1.41 bits per heavy atom. The maximum atomic E-state index is 4.34. The Morgan fingerprint density at radius 2 is 2.35 bits per heavy atom. The molecule has 1 N–H and O–H groups in total. The average Bonchev–Trinajstić information content (AvgIpc) is 2.87. The molecule has 6 heteroatoms. The van der Waals surface area contributed by atoms with Gasteiger partial charge in [-0.25, -0.2) is 4.98 Å². The van der Waals surface area contributed by atoms with Crippen molar-refractivity contribution in [3.63, 3.8) is 0 Å². The lowest BCUT2D eigenvalue weighted by Gasteiger charge is -2.05. The second-order valence-corrected chi connectivity index (χ2v) is 5.46. The summed E-state index contributed by atoms with van der Waals surface area (Å²) in [5, 5.41) is 3.35. The largest absolute Gasteiger partial charge is 0.385 e. The van der Waals surface area contributed by atoms with Crippen LogP contribution in [0.4, 0.5) is 5.69 Å². The van der Waals surface area contributed by atoms with Crippen molar-refractivity contribution in [3.05, 3.63) is 30.4 Å². The Kier molecular flexibility index (Phi) is 4.75. The van der Waals surface area contributed by atoms with E-state index in [2.05, 4.69) is 32.6 Å². The van der Waals surface area contributed by atoms with E-state index in [1.54, 1.807) is 18.1 Å². The third-order valence-electron chi connectivity index (χ3n) is 2.08. The van der Waals surface area contributed by atoms with Gasteiger partial charge in [-0.3, -0.25) is 4.98 Å². The van der Waals surface area contributed by atoms with Crippen LogP contribution in [0.2, 0.25) is 0 Å². The van der Waals surface area contributed by atoms with E-state index >= 15 is 0 Å². The summed E-state index contributed by atoms with van der Waals surface area (Å²) in [5.74, 6) is 0.830. The molecule has 2 aromatic rings. The second kappa shape index (κ2) is 6.56. The van der Waals surface area contributed by atoms with E-state index in [9.17, 15) is 0 Å². The summed E-state index contributed by atoms with van der Waals surface area (Å²) in [4.78, 5) is 8.47. The number of aromatic nitrogens is 3. The maximum absolute atomic E-state index is 4.34. The fraction of sp³-hybridized carbons (Fsp3) is 0.364. The van der Waals surface area contributed by atoms with E-state index in [-0.39, 0.29) is 0 Å². The van der Waals surface area contributed by atoms with Crippen molar-refractivity contribution in [3.8, 4) is 0 Å². The van der Waals surface area contributed by atoms with Crippen LogP contribution in [0.25, 0.3) is 0 Å². The predicted molar refractivity (Wildman–Crippen MR) is 72.5 cm³/mol. The number of nitrogens with one attached hydrogen (secondary N) is 1. The minimum atomic E-state index is 0.830. The molecule has 0 saturated heterocycles. The van der Waals surface area contributed by atoms with Gasteiger partial charge >= 0.3 is 0 Å². The van der Waals surface area contributed by atoms with Crippen molar-refractivity contribution < 1.29 is 0 Å². The lowest BCUT2D eigenvalue weighted by Crippen LogP contribution is -2.00. The first-order chi connectivity index (χ1) is 8.38. The number of thioether (sulfide) groups is 1. The molecule has 0 bridgehead atoms. The zero-order valence-electron chi connectivity index (χ0n) is 9.59. The molecule has 90 valence electrons. The van der Waals surface area contributed by atoms with Crippen LogP contribution < -0.4 is 5.32 Å². The number of rotatable bonds is 6. The lowest BCUT2D eigenvalue weighted by atomic mass is 10.3. The highest BCUT2D eigenvalue weighted by Gasteiger charge is 2.01. The Hall–Kier alpha value is -1.14. The molecule has 0 aromatic carbocycles. The number of hydrogen-bond acceptors (Lipinski definition) is 6. The number of hydrogen-bond donors (Lipinski definition) is 1. The van der Waals surface area contributed by atoms with E-state index < -0.39 is 0 Å². The van der Waals surface area contributed by atoms with Crippen molar-refractivity contribution in [2.24, 2.45) is 0 Å². The van der Waals surface area contributed by atoms with Crippen molar-refractivity contribution in [2.45, 2.75) is 23.4 Å². The average molecular weight is 266 g/mol. The molecule has 0 saturated carbocycles. The molecule has 0 unspecified atom stereocenters. The van der Waals surface area contributed by atoms with Crippen LogP contribution in [0.1, 0.15) is 19.0 Å². The highest BCUT2D eigenvalue weighted by molar-refractivity contribution is 8.00. The van der Waals surface area contributed by atoms with Gasteiger partial charge in [0.25, 0.3) is 0 Å². The first kappa shape index (κ1) is 12.3. The van der Waals surface area contributed by atoms with Gasteiger partial charge in [0.15, 0.2) is 4.34 Å². The summed E-state index contributed by atoms with van der Waals surface area (Å²) in [6, 6.07) is 4.08. The smallest absolute Gasteiger partial charge is 0.170 e. The molecule has 0 aliphatic carbocycles. The molecule has 0 atom stereocenters. The Bertz CT molecular complexity index is 444. The normalized spacial score (nSPS) is 10.4. The molecule has 0 spiro atoms. The molecule has 2 heterocycles. The van der Waals surface area contributed by atoms with Crippen LogP contribution in [0.3, 0.4) is 0 Å². The summed E-state index contributed by atoms with van der Waals surface area (Å²) in [5.41, 5.74) is 2.20. The first-order valence-corrected chi connectivity index (χ1v) is 7.22. The third kappa shape index (κ3) is 3.98. The number of nitrogens with zero attached hydrogens (tertiary/aromatic N) is 3. The monoisotopic (exact) mass is 266 g/mol. The molecular formula is C11H14N4S2. The van der Waals surface area contributed by atoms with E-state index in [0.29, 0.717) is 0 Å². The van der Waals surface area contributed by atoms with Gasteiger partial charge in [0, 0.05) is 24.2 Å². The molecule has 0 aliphatic rings. The standard InChI is InChI=1S/C11H14N4S2/c1-2-4-12-9-3-5-13-10(6-9)7-16-11-14-8-15-17-11/h3,5-6,8H,2,4,7H2,1H3,(H,12,13). The van der Waals surface area contributed by atoms with E-state index in [4.69, 9.17) is 0 Å². The molecule has 2 aromatic heterocycles. The van der Waals surface area contributed by atoms with Crippen molar-refractivity contribution in [1.29, 1.82) is 0 Å². The van der Waals surface area contributed by atoms with Gasteiger partial charge in [0.05, 0.1) is 5.69 Å². The molecule has 17 heavy (non-hydrogen) atoms. The topological polar surface area (TPSA) is 50.7 Å². The molecule has 0 radical (unpaired) electrons. The molecule has 0 aliphatic heterocycles.